The minimum Gasteiger partial charge on any atom is -0.363 e. The lowest BCUT2D eigenvalue weighted by Crippen LogP contribution is -2.36. The summed E-state index contributed by atoms with van der Waals surface area (Å²) in [5.41, 5.74) is -0.501. The van der Waals surface area contributed by atoms with Crippen LogP contribution in [-0.2, 0) is 9.84 Å². The van der Waals surface area contributed by atoms with Gasteiger partial charge in [-0.15, -0.1) is 0 Å². The predicted octanol–water partition coefficient (Wildman–Crippen LogP) is 1.88. The Hall–Kier alpha value is -0.400. The number of hydrogen-bond acceptors (Lipinski definition) is 5. The van der Waals surface area contributed by atoms with Gasteiger partial charge in [-0.25, -0.2) is 18.4 Å². The van der Waals surface area contributed by atoms with Crippen LogP contribution < -0.4 is 5.32 Å². The van der Waals surface area contributed by atoms with Gasteiger partial charge in [0.15, 0.2) is 9.84 Å². The molecule has 0 radical (unpaired) electrons. The average molecular weight is 341 g/mol. The highest BCUT2D eigenvalue weighted by Gasteiger charge is 2.38. The summed E-state index contributed by atoms with van der Waals surface area (Å²) in [4.78, 5) is 7.86. The van der Waals surface area contributed by atoms with E-state index in [1.807, 2.05) is 6.92 Å². The highest BCUT2D eigenvalue weighted by Crippen LogP contribution is 2.32. The van der Waals surface area contributed by atoms with E-state index >= 15 is 0 Å². The SMILES string of the molecule is CC1(Nc2ncnc(Cl)c2Br)CCS(=O)(=O)C1. The van der Waals surface area contributed by atoms with Crippen LogP contribution in [0.1, 0.15) is 13.3 Å². The van der Waals surface area contributed by atoms with Gasteiger partial charge in [-0.2, -0.15) is 0 Å². The highest BCUT2D eigenvalue weighted by atomic mass is 79.9. The number of nitrogens with one attached hydrogen (secondary N) is 1. The van der Waals surface area contributed by atoms with Gasteiger partial charge in [-0.1, -0.05) is 11.6 Å². The number of aromatic nitrogens is 2. The summed E-state index contributed by atoms with van der Waals surface area (Å²) in [5.74, 6) is 0.825. The third-order valence-electron chi connectivity index (χ3n) is 2.67. The topological polar surface area (TPSA) is 72.0 Å². The molecule has 0 spiro atoms. The molecule has 5 nitrogen and oxygen atoms in total. The van der Waals surface area contributed by atoms with Gasteiger partial charge in [0.1, 0.15) is 17.3 Å². The fourth-order valence-electron chi connectivity index (χ4n) is 1.83. The van der Waals surface area contributed by atoms with E-state index in [1.54, 1.807) is 0 Å². The Morgan fingerprint density at radius 2 is 2.24 bits per heavy atom. The van der Waals surface area contributed by atoms with Crippen molar-refractivity contribution in [3.63, 3.8) is 0 Å². The van der Waals surface area contributed by atoms with E-state index in [0.29, 0.717) is 21.9 Å². The number of sulfone groups is 1. The second-order valence-electron chi connectivity index (χ2n) is 4.35. The minimum absolute atomic E-state index is 0.105. The second-order valence-corrected chi connectivity index (χ2v) is 7.69. The maximum absolute atomic E-state index is 11.5. The van der Waals surface area contributed by atoms with Crippen molar-refractivity contribution >= 4 is 43.2 Å². The van der Waals surface area contributed by atoms with Crippen molar-refractivity contribution in [1.82, 2.24) is 9.97 Å². The van der Waals surface area contributed by atoms with E-state index in [1.165, 1.54) is 6.33 Å². The molecule has 0 amide bonds. The van der Waals surface area contributed by atoms with Crippen molar-refractivity contribution < 1.29 is 8.42 Å². The quantitative estimate of drug-likeness (QED) is 0.832. The van der Waals surface area contributed by atoms with Crippen molar-refractivity contribution in [3.8, 4) is 0 Å². The molecule has 2 rings (SSSR count). The van der Waals surface area contributed by atoms with Gasteiger partial charge in [0, 0.05) is 0 Å². The molecular weight excluding hydrogens is 330 g/mol. The Bertz CT molecular complexity index is 551. The molecule has 0 saturated carbocycles. The summed E-state index contributed by atoms with van der Waals surface area (Å²) in [6.45, 7) is 1.86. The summed E-state index contributed by atoms with van der Waals surface area (Å²) >= 11 is 9.12. The number of anilines is 1. The Morgan fingerprint density at radius 1 is 1.53 bits per heavy atom. The zero-order chi connectivity index (χ0) is 12.7. The third kappa shape index (κ3) is 2.89. The molecular formula is C9H11BrClN3O2S. The van der Waals surface area contributed by atoms with E-state index in [-0.39, 0.29) is 11.5 Å². The molecule has 1 N–H and O–H groups in total. The molecule has 2 heterocycles. The van der Waals surface area contributed by atoms with Gasteiger partial charge in [0.2, 0.25) is 0 Å². The molecule has 1 atom stereocenters. The molecule has 94 valence electrons. The largest absolute Gasteiger partial charge is 0.363 e. The summed E-state index contributed by atoms with van der Waals surface area (Å²) in [6, 6.07) is 0. The first-order chi connectivity index (χ1) is 7.81. The van der Waals surface area contributed by atoms with Gasteiger partial charge in [-0.05, 0) is 29.3 Å². The average Bonchev–Trinajstić information content (AvgIpc) is 2.49. The van der Waals surface area contributed by atoms with Gasteiger partial charge >= 0.3 is 0 Å². The number of nitrogens with zero attached hydrogens (tertiary/aromatic N) is 2. The third-order valence-corrected chi connectivity index (χ3v) is 5.84. The van der Waals surface area contributed by atoms with E-state index in [9.17, 15) is 8.42 Å². The van der Waals surface area contributed by atoms with Crippen LogP contribution in [-0.4, -0.2) is 35.4 Å². The Morgan fingerprint density at radius 3 is 2.82 bits per heavy atom. The van der Waals surface area contributed by atoms with Crippen molar-refractivity contribution in [2.24, 2.45) is 0 Å². The van der Waals surface area contributed by atoms with Crippen LogP contribution in [0.3, 0.4) is 0 Å². The van der Waals surface area contributed by atoms with Gasteiger partial charge in [0.05, 0.1) is 21.5 Å². The van der Waals surface area contributed by atoms with Crippen molar-refractivity contribution in [2.45, 2.75) is 18.9 Å². The molecule has 0 aromatic carbocycles. The Balaban J connectivity index is 2.25. The van der Waals surface area contributed by atoms with Crippen molar-refractivity contribution in [1.29, 1.82) is 0 Å². The first-order valence-corrected chi connectivity index (χ1v) is 7.95. The molecule has 1 aromatic heterocycles. The zero-order valence-electron chi connectivity index (χ0n) is 9.07. The molecule has 1 saturated heterocycles. The van der Waals surface area contributed by atoms with Gasteiger partial charge < -0.3 is 5.32 Å². The molecule has 17 heavy (non-hydrogen) atoms. The van der Waals surface area contributed by atoms with E-state index < -0.39 is 15.4 Å². The first-order valence-electron chi connectivity index (χ1n) is 4.96. The van der Waals surface area contributed by atoms with Crippen LogP contribution in [0.4, 0.5) is 5.82 Å². The van der Waals surface area contributed by atoms with Crippen LogP contribution in [0.15, 0.2) is 10.8 Å². The monoisotopic (exact) mass is 339 g/mol. The number of rotatable bonds is 2. The lowest BCUT2D eigenvalue weighted by atomic mass is 10.0. The molecule has 1 fully saturated rings. The molecule has 1 aliphatic rings. The molecule has 1 aliphatic heterocycles. The van der Waals surface area contributed by atoms with Crippen LogP contribution in [0, 0.1) is 0 Å². The summed E-state index contributed by atoms with van der Waals surface area (Å²) < 4.78 is 23.5. The number of hydrogen-bond donors (Lipinski definition) is 1. The highest BCUT2D eigenvalue weighted by molar-refractivity contribution is 9.10. The lowest BCUT2D eigenvalue weighted by Gasteiger charge is -2.25. The van der Waals surface area contributed by atoms with Crippen LogP contribution in [0.5, 0.6) is 0 Å². The smallest absolute Gasteiger partial charge is 0.152 e. The Kier molecular flexibility index (Phi) is 3.35. The Labute approximate surface area is 113 Å². The number of halogens is 2. The van der Waals surface area contributed by atoms with Crippen molar-refractivity contribution in [2.75, 3.05) is 16.8 Å². The van der Waals surface area contributed by atoms with Gasteiger partial charge in [0.25, 0.3) is 0 Å². The zero-order valence-corrected chi connectivity index (χ0v) is 12.2. The minimum atomic E-state index is -2.95. The standard InChI is InChI=1S/C9H11BrClN3O2S/c1-9(2-3-17(15,16)4-9)14-8-6(10)7(11)12-5-13-8/h5H,2-4H2,1H3,(H,12,13,14). The fourth-order valence-corrected chi connectivity index (χ4v) is 4.36. The van der Waals surface area contributed by atoms with E-state index in [0.717, 1.165) is 0 Å². The maximum Gasteiger partial charge on any atom is 0.152 e. The first kappa shape index (κ1) is 13.0. The summed E-state index contributed by atoms with van der Waals surface area (Å²) in [5, 5.41) is 3.42. The van der Waals surface area contributed by atoms with Crippen LogP contribution in [0.2, 0.25) is 5.15 Å². The van der Waals surface area contributed by atoms with Gasteiger partial charge in [-0.3, -0.25) is 0 Å². The lowest BCUT2D eigenvalue weighted by molar-refractivity contribution is 0.571. The van der Waals surface area contributed by atoms with Crippen LogP contribution in [0.25, 0.3) is 0 Å². The molecule has 0 bridgehead atoms. The summed E-state index contributed by atoms with van der Waals surface area (Å²) in [6.07, 6.45) is 1.89. The molecule has 1 aromatic rings. The summed E-state index contributed by atoms with van der Waals surface area (Å²) in [7, 11) is -2.95. The van der Waals surface area contributed by atoms with E-state index in [2.05, 4.69) is 31.2 Å². The van der Waals surface area contributed by atoms with Crippen LogP contribution >= 0.6 is 27.5 Å². The molecule has 1 unspecified atom stereocenters. The normalized spacial score (nSPS) is 27.0. The maximum atomic E-state index is 11.5. The van der Waals surface area contributed by atoms with Crippen molar-refractivity contribution in [3.05, 3.63) is 16.0 Å². The second kappa shape index (κ2) is 4.37. The molecule has 0 aliphatic carbocycles. The molecule has 8 heteroatoms. The fraction of sp³-hybridized carbons (Fsp3) is 0.556. The predicted molar refractivity (Wildman–Crippen MR) is 70.0 cm³/mol. The van der Waals surface area contributed by atoms with E-state index in [4.69, 9.17) is 11.6 Å².